The average molecular weight is 751 g/mol. The first-order valence-corrected chi connectivity index (χ1v) is 20.1. The van der Waals surface area contributed by atoms with Crippen LogP contribution in [0.25, 0.3) is 121 Å². The molecule has 0 saturated carbocycles. The van der Waals surface area contributed by atoms with Gasteiger partial charge in [-0.3, -0.25) is 0 Å². The minimum absolute atomic E-state index is 0.683. The number of aromatic nitrogens is 2. The number of fused-ring (bicyclic) bond motifs is 8. The Morgan fingerprint density at radius 1 is 0.288 bits per heavy atom. The van der Waals surface area contributed by atoms with E-state index in [-0.39, 0.29) is 0 Å². The lowest BCUT2D eigenvalue weighted by atomic mass is 9.86. The van der Waals surface area contributed by atoms with Crippen molar-refractivity contribution in [3.8, 4) is 56.2 Å². The van der Waals surface area contributed by atoms with E-state index in [4.69, 9.17) is 14.4 Å². The van der Waals surface area contributed by atoms with Crippen molar-refractivity contribution in [3.63, 3.8) is 0 Å². The Balaban J connectivity index is 0.978. The second-order valence-electron chi connectivity index (χ2n) is 15.3. The van der Waals surface area contributed by atoms with Crippen LogP contribution < -0.4 is 0 Å². The van der Waals surface area contributed by atoms with Crippen LogP contribution in [0.4, 0.5) is 0 Å². The Bertz CT molecular complexity index is 3600. The van der Waals surface area contributed by atoms with Crippen LogP contribution in [0.2, 0.25) is 0 Å². The highest BCUT2D eigenvalue weighted by Gasteiger charge is 2.18. The van der Waals surface area contributed by atoms with Crippen molar-refractivity contribution in [3.05, 3.63) is 206 Å². The summed E-state index contributed by atoms with van der Waals surface area (Å²) in [6.45, 7) is 0. The van der Waals surface area contributed by atoms with Gasteiger partial charge in [-0.2, -0.15) is 0 Å². The van der Waals surface area contributed by atoms with Crippen LogP contribution in [0.5, 0.6) is 0 Å². The molecule has 0 atom stereocenters. The predicted molar refractivity (Wildman–Crippen MR) is 247 cm³/mol. The van der Waals surface area contributed by atoms with E-state index in [1.807, 2.05) is 36.4 Å². The summed E-state index contributed by atoms with van der Waals surface area (Å²) in [6, 6.07) is 73.5. The van der Waals surface area contributed by atoms with Gasteiger partial charge in [0.15, 0.2) is 5.82 Å². The van der Waals surface area contributed by atoms with Gasteiger partial charge in [-0.1, -0.05) is 176 Å². The van der Waals surface area contributed by atoms with Crippen LogP contribution in [-0.2, 0) is 0 Å². The summed E-state index contributed by atoms with van der Waals surface area (Å²) < 4.78 is 6.27. The van der Waals surface area contributed by atoms with Gasteiger partial charge in [0.05, 0.1) is 11.4 Å². The number of hydrogen-bond donors (Lipinski definition) is 0. The molecular formula is C56H34N2O. The van der Waals surface area contributed by atoms with Crippen molar-refractivity contribution in [2.24, 2.45) is 0 Å². The van der Waals surface area contributed by atoms with Crippen LogP contribution in [0.1, 0.15) is 0 Å². The van der Waals surface area contributed by atoms with E-state index in [9.17, 15) is 0 Å². The SMILES string of the molecule is c1ccc(-c2nc(-c3ccc(-c4ccc(-c5c6ccccc6cc6c5ccc5ccccc56)c5ccccc45)cc3)cc(-c3ccc4c(c3)oc3ccccc34)n2)cc1. The van der Waals surface area contributed by atoms with E-state index in [0.717, 1.165) is 55.6 Å². The van der Waals surface area contributed by atoms with Crippen LogP contribution in [0, 0.1) is 0 Å². The fourth-order valence-electron chi connectivity index (χ4n) is 9.04. The van der Waals surface area contributed by atoms with E-state index in [1.165, 1.54) is 59.8 Å². The van der Waals surface area contributed by atoms with Gasteiger partial charge >= 0.3 is 0 Å². The maximum atomic E-state index is 6.27. The highest BCUT2D eigenvalue weighted by Crippen LogP contribution is 2.44. The van der Waals surface area contributed by atoms with Gasteiger partial charge in [0.25, 0.3) is 0 Å². The summed E-state index contributed by atoms with van der Waals surface area (Å²) >= 11 is 0. The summed E-state index contributed by atoms with van der Waals surface area (Å²) in [6.07, 6.45) is 0. The van der Waals surface area contributed by atoms with Crippen LogP contribution in [-0.4, -0.2) is 9.97 Å². The summed E-state index contributed by atoms with van der Waals surface area (Å²) in [5.41, 5.74) is 11.3. The smallest absolute Gasteiger partial charge is 0.160 e. The third kappa shape index (κ3) is 5.51. The van der Waals surface area contributed by atoms with E-state index < -0.39 is 0 Å². The molecule has 0 bridgehead atoms. The third-order valence-electron chi connectivity index (χ3n) is 11.9. The molecular weight excluding hydrogens is 717 g/mol. The average Bonchev–Trinajstić information content (AvgIpc) is 3.69. The first-order chi connectivity index (χ1) is 29.2. The van der Waals surface area contributed by atoms with Crippen molar-refractivity contribution >= 4 is 65.0 Å². The van der Waals surface area contributed by atoms with Gasteiger partial charge in [0, 0.05) is 27.5 Å². The Morgan fingerprint density at radius 2 is 0.864 bits per heavy atom. The molecule has 0 spiro atoms. The quantitative estimate of drug-likeness (QED) is 0.130. The minimum Gasteiger partial charge on any atom is -0.456 e. The van der Waals surface area contributed by atoms with E-state index in [1.54, 1.807) is 0 Å². The Labute approximate surface area is 340 Å². The zero-order valence-electron chi connectivity index (χ0n) is 31.9. The Hall–Kier alpha value is -7.88. The molecule has 3 nitrogen and oxygen atoms in total. The molecule has 0 aliphatic rings. The maximum Gasteiger partial charge on any atom is 0.160 e. The lowest BCUT2D eigenvalue weighted by Gasteiger charge is -2.17. The third-order valence-corrected chi connectivity index (χ3v) is 11.9. The molecule has 0 amide bonds. The molecule has 12 rings (SSSR count). The van der Waals surface area contributed by atoms with Crippen molar-refractivity contribution in [2.45, 2.75) is 0 Å². The Morgan fingerprint density at radius 3 is 1.68 bits per heavy atom. The number of hydrogen-bond acceptors (Lipinski definition) is 3. The predicted octanol–water partition coefficient (Wildman–Crippen LogP) is 15.3. The van der Waals surface area contributed by atoms with Crippen molar-refractivity contribution in [1.82, 2.24) is 9.97 Å². The molecule has 0 unspecified atom stereocenters. The normalized spacial score (nSPS) is 11.7. The van der Waals surface area contributed by atoms with Crippen LogP contribution in [0.3, 0.4) is 0 Å². The fourth-order valence-corrected chi connectivity index (χ4v) is 9.04. The molecule has 0 N–H and O–H groups in total. The molecule has 2 heterocycles. The van der Waals surface area contributed by atoms with Crippen molar-refractivity contribution in [2.75, 3.05) is 0 Å². The highest BCUT2D eigenvalue weighted by atomic mass is 16.3. The zero-order valence-corrected chi connectivity index (χ0v) is 31.9. The van der Waals surface area contributed by atoms with Crippen molar-refractivity contribution in [1.29, 1.82) is 0 Å². The van der Waals surface area contributed by atoms with Gasteiger partial charge in [0.2, 0.25) is 0 Å². The standard InChI is InChI=1S/C56H34N2O/c1-2-13-38(14-3-1)56-57-51(34-52(58-56)40-27-28-47-46-20-10-11-21-53(46)59-54(47)33-40)37-24-22-36(23-25-37)42-30-31-48(45-19-9-8-18-44(42)45)55-43-17-7-5-15-39(43)32-50-41-16-6-4-12-35(41)26-29-49(50)55/h1-34H. The van der Waals surface area contributed by atoms with E-state index in [2.05, 4.69) is 170 Å². The van der Waals surface area contributed by atoms with Gasteiger partial charge < -0.3 is 4.42 Å². The molecule has 0 radical (unpaired) electrons. The fraction of sp³-hybridized carbons (Fsp3) is 0. The molecule has 0 saturated heterocycles. The zero-order chi connectivity index (χ0) is 38.9. The molecule has 3 heteroatoms. The number of rotatable bonds is 5. The molecule has 12 aromatic rings. The summed E-state index contributed by atoms with van der Waals surface area (Å²) in [5.74, 6) is 0.683. The summed E-state index contributed by atoms with van der Waals surface area (Å²) in [7, 11) is 0. The van der Waals surface area contributed by atoms with Gasteiger partial charge in [0.1, 0.15) is 11.2 Å². The highest BCUT2D eigenvalue weighted by molar-refractivity contribution is 6.23. The second-order valence-corrected chi connectivity index (χ2v) is 15.3. The molecule has 0 aliphatic heterocycles. The molecule has 59 heavy (non-hydrogen) atoms. The minimum atomic E-state index is 0.683. The van der Waals surface area contributed by atoms with Gasteiger partial charge in [-0.25, -0.2) is 9.97 Å². The largest absolute Gasteiger partial charge is 0.456 e. The van der Waals surface area contributed by atoms with E-state index in [0.29, 0.717) is 5.82 Å². The molecule has 2 aromatic heterocycles. The molecule has 10 aromatic carbocycles. The first kappa shape index (κ1) is 33.3. The van der Waals surface area contributed by atoms with Crippen LogP contribution in [0.15, 0.2) is 211 Å². The molecule has 0 aliphatic carbocycles. The van der Waals surface area contributed by atoms with Crippen LogP contribution >= 0.6 is 0 Å². The lowest BCUT2D eigenvalue weighted by molar-refractivity contribution is 0.669. The Kier molecular flexibility index (Phi) is 7.54. The van der Waals surface area contributed by atoms with Gasteiger partial charge in [-0.05, 0) is 95.7 Å². The topological polar surface area (TPSA) is 38.9 Å². The summed E-state index contributed by atoms with van der Waals surface area (Å²) in [4.78, 5) is 10.2. The number of benzene rings is 10. The summed E-state index contributed by atoms with van der Waals surface area (Å²) in [5, 5.41) is 12.2. The lowest BCUT2D eigenvalue weighted by Crippen LogP contribution is -1.96. The number of nitrogens with zero attached hydrogens (tertiary/aromatic N) is 2. The maximum absolute atomic E-state index is 6.27. The first-order valence-electron chi connectivity index (χ1n) is 20.1. The van der Waals surface area contributed by atoms with E-state index >= 15 is 0 Å². The monoisotopic (exact) mass is 750 g/mol. The van der Waals surface area contributed by atoms with Gasteiger partial charge in [-0.15, -0.1) is 0 Å². The molecule has 0 fully saturated rings. The molecule has 274 valence electrons. The number of furan rings is 1. The van der Waals surface area contributed by atoms with Crippen molar-refractivity contribution < 1.29 is 4.42 Å². The number of para-hydroxylation sites is 1. The second kappa shape index (κ2) is 13.4.